The van der Waals surface area contributed by atoms with Gasteiger partial charge in [0.2, 0.25) is 11.5 Å². The SMILES string of the molecule is CO.CO.Clc1cccc(Cl)c1CBr.Nc1ncc(C(=O)O)cc1OCc1c(Cl)cccc1Cl.Nc1ncc(C(=O)OCc2c(Cl)cccc2Cl)cc1OCc1c(Cl)cccc1Cl.O.O=C(O)c1cnc([N+](=O)[O-])c(O)c1.O=C(O)c1cncc(O)c1.O=C(OCc1c(Cl)cccc1Cl)c1cnc([N+](=O)[O-])c(OCc2c(Cl)cccc2Cl)c1.O=S(=O)(O)O.O=[N+]([O-])O.[B].[B]B([B])[B].[B][B].[B][B]B([B])[B].[B][B][B].[Li+].[OH-]. The van der Waals surface area contributed by atoms with Crippen molar-refractivity contribution in [1.82, 2.24) is 24.9 Å². The molecule has 6 aromatic carbocycles. The van der Waals surface area contributed by atoms with E-state index in [0.717, 1.165) is 63.6 Å². The zero-order valence-electron chi connectivity index (χ0n) is 74.0. The number of hydrogen-bond donors (Lipinski definition) is 12. The normalized spacial score (nSPS) is 9.19. The zero-order valence-corrected chi connectivity index (χ0v) is 85.4. The molecular formula is C74H64B15BrCl12LiN10O30S. The van der Waals surface area contributed by atoms with Crippen LogP contribution in [0.1, 0.15) is 85.2 Å². The van der Waals surface area contributed by atoms with Crippen molar-refractivity contribution in [2.45, 2.75) is 38.4 Å². The summed E-state index contributed by atoms with van der Waals surface area (Å²) in [4.78, 5) is 102. The molecule has 144 heavy (non-hydrogen) atoms. The van der Waals surface area contributed by atoms with Crippen molar-refractivity contribution < 1.29 is 151 Å². The summed E-state index contributed by atoms with van der Waals surface area (Å²) in [6, 6.07) is 36.2. The van der Waals surface area contributed by atoms with Gasteiger partial charge in [0.05, 0.1) is 22.9 Å². The second-order valence-electron chi connectivity index (χ2n) is 23.8. The summed E-state index contributed by atoms with van der Waals surface area (Å²) in [5, 5.41) is 98.5. The van der Waals surface area contributed by atoms with Crippen LogP contribution in [-0.2, 0) is 58.2 Å². The molecule has 11 aromatic rings. The number of carbonyl (C=O) groups is 5. The Morgan fingerprint density at radius 1 is 0.444 bits per heavy atom. The molecule has 70 heteroatoms. The molecule has 5 aromatic heterocycles. The molecule has 0 atom stereocenters. The first kappa shape index (κ1) is 147. The number of halogens is 13. The number of aromatic carboxylic acids is 3. The third kappa shape index (κ3) is 61.0. The van der Waals surface area contributed by atoms with E-state index in [0.29, 0.717) is 93.4 Å². The van der Waals surface area contributed by atoms with E-state index in [-0.39, 0.29) is 134 Å². The number of rotatable bonds is 22. The molecule has 0 unspecified atom stereocenters. The average Bonchev–Trinajstić information content (AvgIpc) is 0.833. The van der Waals surface area contributed by atoms with Gasteiger partial charge < -0.3 is 107 Å². The number of anilines is 2. The van der Waals surface area contributed by atoms with Gasteiger partial charge in [0.1, 0.15) is 49.9 Å². The quantitative estimate of drug-likeness (QED) is 0.00750. The van der Waals surface area contributed by atoms with Crippen molar-refractivity contribution in [3.05, 3.63) is 329 Å². The number of benzene rings is 6. The van der Waals surface area contributed by atoms with E-state index >= 15 is 0 Å². The molecule has 0 aliphatic carbocycles. The van der Waals surface area contributed by atoms with Gasteiger partial charge >= 0.3 is 70.7 Å². The Bertz CT molecular complexity index is 5840. The van der Waals surface area contributed by atoms with Gasteiger partial charge in [0.25, 0.3) is 5.09 Å². The van der Waals surface area contributed by atoms with E-state index in [1.807, 2.05) is 18.2 Å². The number of aromatic nitrogens is 5. The number of carboxylic acids is 3. The summed E-state index contributed by atoms with van der Waals surface area (Å²) in [5.41, 5.74) is 14.8. The van der Waals surface area contributed by atoms with E-state index in [1.165, 1.54) is 37.8 Å². The number of aromatic hydroxyl groups is 2. The fourth-order valence-electron chi connectivity index (χ4n) is 8.31. The maximum atomic E-state index is 12.4. The molecule has 0 aliphatic rings. The summed E-state index contributed by atoms with van der Waals surface area (Å²) in [7, 11) is 45.1. The molecule has 733 valence electrons. The van der Waals surface area contributed by atoms with Crippen LogP contribution in [-0.4, -0.2) is 266 Å². The number of ether oxygens (including phenoxy) is 5. The van der Waals surface area contributed by atoms with E-state index in [2.05, 4.69) is 95.0 Å². The minimum Gasteiger partial charge on any atom is -0.870 e. The van der Waals surface area contributed by atoms with Crippen molar-refractivity contribution in [3.8, 4) is 28.7 Å². The maximum Gasteiger partial charge on any atom is 1.00 e. The van der Waals surface area contributed by atoms with E-state index in [4.69, 9.17) is 266 Å². The number of alkyl halides is 1. The van der Waals surface area contributed by atoms with Crippen molar-refractivity contribution >= 4 is 331 Å². The van der Waals surface area contributed by atoms with Crippen molar-refractivity contribution in [2.75, 3.05) is 25.7 Å². The number of aliphatic hydroxyl groups is 2. The first-order chi connectivity index (χ1) is 65.7. The third-order valence-corrected chi connectivity index (χ3v) is 19.1. The second kappa shape index (κ2) is 81.4. The van der Waals surface area contributed by atoms with Crippen LogP contribution >= 0.6 is 155 Å². The van der Waals surface area contributed by atoms with Crippen LogP contribution in [0.15, 0.2) is 177 Å². The predicted octanol–water partition coefficient (Wildman–Crippen LogP) is 9.27. The molecule has 11 rings (SSSR count). The number of carboxylic acid groups (broad SMARTS) is 3. The average molecular weight is 2280 g/mol. The summed E-state index contributed by atoms with van der Waals surface area (Å²) in [6.07, 6.45) is 5.49. The van der Waals surface area contributed by atoms with Crippen LogP contribution in [0.4, 0.5) is 23.3 Å². The Labute approximate surface area is 920 Å². The second-order valence-corrected chi connectivity index (χ2v) is 30.1. The summed E-state index contributed by atoms with van der Waals surface area (Å²) < 4.78 is 58.7. The van der Waals surface area contributed by atoms with Crippen LogP contribution in [0, 0.1) is 30.3 Å². The van der Waals surface area contributed by atoms with Crippen molar-refractivity contribution in [1.29, 1.82) is 0 Å². The van der Waals surface area contributed by atoms with E-state index in [1.54, 1.807) is 91.0 Å². The van der Waals surface area contributed by atoms with Crippen LogP contribution in [0.25, 0.3) is 0 Å². The first-order valence-electron chi connectivity index (χ1n) is 36.3. The van der Waals surface area contributed by atoms with E-state index < -0.39 is 85.3 Å². The molecule has 0 fully saturated rings. The fraction of sp³-hybridized carbons (Fsp3) is 0.108. The Morgan fingerprint density at radius 2 is 0.667 bits per heavy atom. The van der Waals surface area contributed by atoms with Crippen LogP contribution in [0.3, 0.4) is 0 Å². The van der Waals surface area contributed by atoms with Gasteiger partial charge in [0, 0.05) is 263 Å². The number of nitrogens with zero attached hydrogens (tertiary/aromatic N) is 8. The molecule has 0 amide bonds. The number of esters is 2. The monoisotopic (exact) mass is 2280 g/mol. The Balaban J connectivity index is -0.000000306. The minimum absolute atomic E-state index is 0. The molecule has 0 saturated carbocycles. The van der Waals surface area contributed by atoms with Crippen LogP contribution in [0.5, 0.6) is 28.7 Å². The number of hydrogen-bond acceptors (Lipinski definition) is 30. The number of aliphatic hydroxyl groups excluding tert-OH is 2. The minimum atomic E-state index is -4.67. The number of pyridine rings is 5. The maximum absolute atomic E-state index is 12.4. The molecule has 5 heterocycles. The van der Waals surface area contributed by atoms with E-state index in [9.17, 15) is 44.2 Å². The summed E-state index contributed by atoms with van der Waals surface area (Å²) in [6.45, 7) is -0.340. The molecule has 0 spiro atoms. The summed E-state index contributed by atoms with van der Waals surface area (Å²) in [5.74, 6) is -6.84. The standard InChI is InChI=1S/C20H12Cl4N2O5.C20H14Cl4N2O3.C13H10Cl2N2O3.C7H5BrCl2.C6H4N2O5.C6H5NO3.2CH4O.B5.B4.B3.B2.B.Li.HNO3.H2O4S.2H2O/c21-14-3-1-4-15(22)12(14)9-30-18-7-11(8-25-19(18)26(28)29)20(27)31-10-13-16(23)5-2-6-17(13)24;21-14-3-1-4-15(22)12(14)9-28-18-7-11(8-26-19(18)25)20(27)29-10-13-16(23)5-2-6-17(13)24;14-9-2-1-3-10(15)8(9)6-20-11-4-7(13(18)19)5-17-12(11)16;8-4-5-6(9)2-1-3-7(5)10;9-4-1-3(6(10)11)2-7-5(4)8(12)13;8-5-1-4(6(9)10)2-7-3-5;2*1-2;1-4-5(2)3;1-4(2)3;1-3-2;1-2;;;2-1(3)4;1-5(2,3)4;;/h1-8H,9-10H2;1-8H,9-10H2,(H2,25,26);1-5H,6H2,(H2,16,17)(H,18,19);1-3H,4H2;1-2,9H,(H,10,11);1-3,8H,(H,9,10);2*2H,1H3;;;;;;;(H,2,3,4);(H2,1,2,3,4);2*1H2/q;;;;;;;;;;;;;+1;;;;/p-1. The van der Waals surface area contributed by atoms with Gasteiger partial charge in [-0.2, -0.15) is 8.42 Å². The van der Waals surface area contributed by atoms with Gasteiger partial charge in [-0.05, 0) is 104 Å². The van der Waals surface area contributed by atoms with Crippen molar-refractivity contribution in [3.63, 3.8) is 0 Å². The zero-order chi connectivity index (χ0) is 108. The third-order valence-electron chi connectivity index (χ3n) is 14.3. The molecule has 0 aliphatic heterocycles. The van der Waals surface area contributed by atoms with Gasteiger partial charge in [0.15, 0.2) is 35.5 Å². The first-order valence-corrected chi connectivity index (χ1v) is 43.3. The van der Waals surface area contributed by atoms with Gasteiger partial charge in [-0.15, -0.1) is 10.1 Å². The predicted molar refractivity (Wildman–Crippen MR) is 561 cm³/mol. The summed E-state index contributed by atoms with van der Waals surface area (Å²) >= 11 is 75.7. The Hall–Kier alpha value is -9.74. The number of nitrogen functional groups attached to an aromatic ring is 2. The van der Waals surface area contributed by atoms with Gasteiger partial charge in [-0.3, -0.25) is 14.1 Å². The molecule has 0 bridgehead atoms. The molecular weight excluding hydrogens is 2220 g/mol. The Kier molecular flexibility index (Phi) is 83.2. The molecule has 25 radical (unpaired) electrons. The number of carbonyl (C=O) groups excluding carboxylic acids is 2. The number of nitrogens with two attached hydrogens (primary N) is 2. The van der Waals surface area contributed by atoms with Crippen LogP contribution in [0.2, 0.25) is 60.3 Å². The molecule has 17 N–H and O–H groups in total. The van der Waals surface area contributed by atoms with Gasteiger partial charge in [-0.25, -0.2) is 33.9 Å². The van der Waals surface area contributed by atoms with Crippen molar-refractivity contribution in [2.24, 2.45) is 0 Å². The number of nitro groups is 2. The topological polar surface area (TPSA) is 675 Å². The molecule has 40 nitrogen and oxygen atoms in total. The Morgan fingerprint density at radius 3 is 0.910 bits per heavy atom. The largest absolute Gasteiger partial charge is 1.00 e. The van der Waals surface area contributed by atoms with Crippen LogP contribution < -0.4 is 44.5 Å². The van der Waals surface area contributed by atoms with Gasteiger partial charge in [-0.1, -0.05) is 192 Å². The fourth-order valence-corrected chi connectivity index (χ4v) is 12.3. The molecule has 0 saturated heterocycles. The smallest absolute Gasteiger partial charge is 0.870 e.